The van der Waals surface area contributed by atoms with Crippen molar-refractivity contribution in [3.8, 4) is 11.5 Å². The van der Waals surface area contributed by atoms with Crippen molar-refractivity contribution in [3.63, 3.8) is 0 Å². The smallest absolute Gasteiger partial charge is 0.322 e. The van der Waals surface area contributed by atoms with E-state index in [2.05, 4.69) is 10.6 Å². The van der Waals surface area contributed by atoms with Crippen molar-refractivity contribution < 1.29 is 38.2 Å². The first-order valence-corrected chi connectivity index (χ1v) is 8.42. The van der Waals surface area contributed by atoms with E-state index in [9.17, 15) is 19.2 Å². The third kappa shape index (κ3) is 5.22. The summed E-state index contributed by atoms with van der Waals surface area (Å²) >= 11 is 0. The van der Waals surface area contributed by atoms with Crippen molar-refractivity contribution in [2.75, 3.05) is 19.7 Å². The number of carbonyl (C=O) groups excluding carboxylic acids is 3. The molecule has 1 aliphatic rings. The van der Waals surface area contributed by atoms with Crippen molar-refractivity contribution in [2.24, 2.45) is 0 Å². The van der Waals surface area contributed by atoms with Gasteiger partial charge in [-0.15, -0.1) is 0 Å². The average molecular weight is 400 g/mol. The number of carboxylic acids is 1. The number of ether oxygens (including phenoxy) is 2. The fraction of sp³-hybridized carbons (Fsp3) is 0.158. The Balaban J connectivity index is 1.51. The Morgan fingerprint density at radius 3 is 2.62 bits per heavy atom. The van der Waals surface area contributed by atoms with Crippen LogP contribution in [0.25, 0.3) is 6.08 Å². The Morgan fingerprint density at radius 2 is 1.90 bits per heavy atom. The topological polar surface area (TPSA) is 144 Å². The molecule has 1 aromatic carbocycles. The number of allylic oxidation sites excluding steroid dienone is 1. The standard InChI is InChI=1S/C19H16N2O8/c22-16(21-9-18(24)25)8-20-17(23)10-28-12-3-4-13-14(6-12)29-15(19(13)26)7-11-2-1-5-27-11/h1-7H,8-10H2,(H,20,23)(H,21,22)(H,24,25). The van der Waals surface area contributed by atoms with Gasteiger partial charge in [0.2, 0.25) is 11.7 Å². The van der Waals surface area contributed by atoms with Gasteiger partial charge >= 0.3 is 5.97 Å². The van der Waals surface area contributed by atoms with Crippen molar-refractivity contribution in [2.45, 2.75) is 0 Å². The molecular formula is C19H16N2O8. The zero-order chi connectivity index (χ0) is 20.8. The van der Waals surface area contributed by atoms with Gasteiger partial charge in [-0.2, -0.15) is 0 Å². The van der Waals surface area contributed by atoms with Crippen molar-refractivity contribution in [1.82, 2.24) is 10.6 Å². The van der Waals surface area contributed by atoms with Gasteiger partial charge in [-0.3, -0.25) is 19.2 Å². The number of amides is 2. The molecule has 2 amide bonds. The third-order valence-electron chi connectivity index (χ3n) is 3.71. The minimum absolute atomic E-state index is 0.109. The van der Waals surface area contributed by atoms with Gasteiger partial charge in [0.25, 0.3) is 5.91 Å². The molecule has 0 fully saturated rings. The van der Waals surface area contributed by atoms with E-state index in [0.717, 1.165) is 0 Å². The van der Waals surface area contributed by atoms with Crippen molar-refractivity contribution >= 4 is 29.6 Å². The zero-order valence-corrected chi connectivity index (χ0v) is 15.0. The number of Topliss-reactive ketones (excluding diaryl/α,β-unsaturated/α-hetero) is 1. The summed E-state index contributed by atoms with van der Waals surface area (Å²) in [7, 11) is 0. The number of benzene rings is 1. The quantitative estimate of drug-likeness (QED) is 0.546. The molecule has 1 aromatic heterocycles. The minimum atomic E-state index is -1.19. The zero-order valence-electron chi connectivity index (χ0n) is 15.0. The molecule has 0 saturated heterocycles. The first kappa shape index (κ1) is 19.7. The lowest BCUT2D eigenvalue weighted by atomic mass is 10.1. The summed E-state index contributed by atoms with van der Waals surface area (Å²) in [5, 5.41) is 12.9. The number of hydrogen-bond acceptors (Lipinski definition) is 7. The van der Waals surface area contributed by atoms with Gasteiger partial charge in [-0.25, -0.2) is 0 Å². The molecule has 29 heavy (non-hydrogen) atoms. The molecule has 0 aliphatic carbocycles. The van der Waals surface area contributed by atoms with Crippen LogP contribution in [0.3, 0.4) is 0 Å². The number of nitrogens with one attached hydrogen (secondary N) is 2. The Morgan fingerprint density at radius 1 is 1.10 bits per heavy atom. The number of hydrogen-bond donors (Lipinski definition) is 3. The number of aliphatic carboxylic acids is 1. The van der Waals surface area contributed by atoms with Crippen LogP contribution in [0.15, 0.2) is 46.8 Å². The lowest BCUT2D eigenvalue weighted by Crippen LogP contribution is -2.40. The van der Waals surface area contributed by atoms with Gasteiger partial charge in [0, 0.05) is 12.1 Å². The van der Waals surface area contributed by atoms with Gasteiger partial charge < -0.3 is 29.6 Å². The van der Waals surface area contributed by atoms with Crippen LogP contribution >= 0.6 is 0 Å². The van der Waals surface area contributed by atoms with Crippen molar-refractivity contribution in [3.05, 3.63) is 53.7 Å². The SMILES string of the molecule is O=C(O)CNC(=O)CNC(=O)COc1ccc2c(c1)OC(=Cc1ccco1)C2=O. The van der Waals surface area contributed by atoms with E-state index in [1.807, 2.05) is 0 Å². The molecule has 0 unspecified atom stereocenters. The Labute approximate surface area is 164 Å². The lowest BCUT2D eigenvalue weighted by molar-refractivity contribution is -0.137. The Hall–Kier alpha value is -4.08. The first-order valence-electron chi connectivity index (χ1n) is 8.42. The Kier molecular flexibility index (Phi) is 5.93. The largest absolute Gasteiger partial charge is 0.484 e. The molecule has 0 atom stereocenters. The minimum Gasteiger partial charge on any atom is -0.484 e. The van der Waals surface area contributed by atoms with Gasteiger partial charge in [-0.05, 0) is 24.3 Å². The van der Waals surface area contributed by atoms with Crippen molar-refractivity contribution in [1.29, 1.82) is 0 Å². The van der Waals surface area contributed by atoms with Crippen LogP contribution in [0.4, 0.5) is 0 Å². The molecule has 0 radical (unpaired) electrons. The molecule has 0 spiro atoms. The highest BCUT2D eigenvalue weighted by atomic mass is 16.5. The molecule has 2 aromatic rings. The number of carbonyl (C=O) groups is 4. The molecule has 3 N–H and O–H groups in total. The molecule has 0 saturated carbocycles. The van der Waals surface area contributed by atoms with E-state index < -0.39 is 24.3 Å². The van der Waals surface area contributed by atoms with Crippen LogP contribution < -0.4 is 20.1 Å². The highest BCUT2D eigenvalue weighted by molar-refractivity contribution is 6.14. The van der Waals surface area contributed by atoms with Crippen LogP contribution in [0, 0.1) is 0 Å². The number of furan rings is 1. The summed E-state index contributed by atoms with van der Waals surface area (Å²) in [6.45, 7) is -1.29. The Bertz CT molecular complexity index is 978. The van der Waals surface area contributed by atoms with Gasteiger partial charge in [0.05, 0.1) is 18.4 Å². The molecule has 10 heteroatoms. The maximum Gasteiger partial charge on any atom is 0.322 e. The fourth-order valence-corrected chi connectivity index (χ4v) is 2.38. The van der Waals surface area contributed by atoms with Gasteiger partial charge in [0.1, 0.15) is 23.8 Å². The monoisotopic (exact) mass is 400 g/mol. The summed E-state index contributed by atoms with van der Waals surface area (Å²) in [5.74, 6) is -1.54. The molecule has 10 nitrogen and oxygen atoms in total. The van der Waals surface area contributed by atoms with Gasteiger partial charge in [0.15, 0.2) is 12.4 Å². The lowest BCUT2D eigenvalue weighted by Gasteiger charge is -2.08. The second kappa shape index (κ2) is 8.74. The molecule has 0 bridgehead atoms. The predicted octanol–water partition coefficient (Wildman–Crippen LogP) is 0.592. The number of ketones is 1. The molecule has 1 aliphatic heterocycles. The summed E-state index contributed by atoms with van der Waals surface area (Å²) in [6.07, 6.45) is 2.96. The summed E-state index contributed by atoms with van der Waals surface area (Å²) in [6, 6.07) is 7.88. The van der Waals surface area contributed by atoms with E-state index in [4.69, 9.17) is 19.0 Å². The van der Waals surface area contributed by atoms with Crippen LogP contribution in [0.5, 0.6) is 11.5 Å². The predicted molar refractivity (Wildman–Crippen MR) is 97.2 cm³/mol. The first-order chi connectivity index (χ1) is 13.9. The number of fused-ring (bicyclic) bond motifs is 1. The third-order valence-corrected chi connectivity index (χ3v) is 3.71. The highest BCUT2D eigenvalue weighted by Crippen LogP contribution is 2.34. The highest BCUT2D eigenvalue weighted by Gasteiger charge is 2.28. The maximum absolute atomic E-state index is 12.3. The molecular weight excluding hydrogens is 384 g/mol. The molecule has 2 heterocycles. The molecule has 3 rings (SSSR count). The van der Waals surface area contributed by atoms with E-state index >= 15 is 0 Å². The fourth-order valence-electron chi connectivity index (χ4n) is 2.38. The summed E-state index contributed by atoms with van der Waals surface area (Å²) < 4.78 is 16.0. The number of rotatable bonds is 8. The second-order valence-corrected chi connectivity index (χ2v) is 5.85. The molecule has 150 valence electrons. The van der Waals surface area contributed by atoms with E-state index in [1.54, 1.807) is 12.1 Å². The van der Waals surface area contributed by atoms with Crippen LogP contribution in [0.1, 0.15) is 16.1 Å². The normalized spacial score (nSPS) is 13.5. The number of carboxylic acid groups (broad SMARTS) is 1. The average Bonchev–Trinajstić information content (AvgIpc) is 3.31. The van der Waals surface area contributed by atoms with Crippen LogP contribution in [0.2, 0.25) is 0 Å². The van der Waals surface area contributed by atoms with Crippen LogP contribution in [-0.4, -0.2) is 48.4 Å². The van der Waals surface area contributed by atoms with E-state index in [1.165, 1.54) is 30.5 Å². The summed E-state index contributed by atoms with van der Waals surface area (Å²) in [4.78, 5) is 45.7. The second-order valence-electron chi connectivity index (χ2n) is 5.85. The maximum atomic E-state index is 12.3. The summed E-state index contributed by atoms with van der Waals surface area (Å²) in [5.41, 5.74) is 0.356. The van der Waals surface area contributed by atoms with Crippen LogP contribution in [-0.2, 0) is 14.4 Å². The van der Waals surface area contributed by atoms with E-state index in [-0.39, 0.29) is 24.7 Å². The van der Waals surface area contributed by atoms with Gasteiger partial charge in [-0.1, -0.05) is 0 Å². The van der Waals surface area contributed by atoms with E-state index in [0.29, 0.717) is 22.8 Å².